The van der Waals surface area contributed by atoms with E-state index in [0.29, 0.717) is 23.8 Å². The number of aromatic nitrogens is 2. The molecular formula is C9H15N3O3S. The number of nitrogens with zero attached hydrogens (tertiary/aromatic N) is 2. The van der Waals surface area contributed by atoms with Crippen LogP contribution in [0.25, 0.3) is 0 Å². The van der Waals surface area contributed by atoms with Crippen LogP contribution in [0, 0.1) is 6.92 Å². The fourth-order valence-corrected chi connectivity index (χ4v) is 1.82. The standard InChI is InChI=1S/C9H15N3O3S/c1-6-7(9(13)14)8(12(2)11-6)10-4-5-16(3)15/h10H,4-5H2,1-3H3,(H,13,14). The van der Waals surface area contributed by atoms with Gasteiger partial charge in [0, 0.05) is 36.4 Å². The molecule has 1 aromatic rings. The van der Waals surface area contributed by atoms with Gasteiger partial charge < -0.3 is 10.4 Å². The van der Waals surface area contributed by atoms with Crippen LogP contribution in [0.5, 0.6) is 0 Å². The Morgan fingerprint density at radius 2 is 2.25 bits per heavy atom. The van der Waals surface area contributed by atoms with E-state index in [9.17, 15) is 9.00 Å². The highest BCUT2D eigenvalue weighted by Gasteiger charge is 2.18. The largest absolute Gasteiger partial charge is 0.477 e. The molecule has 0 aliphatic rings. The highest BCUT2D eigenvalue weighted by atomic mass is 32.2. The van der Waals surface area contributed by atoms with E-state index in [4.69, 9.17) is 5.11 Å². The normalized spacial score (nSPS) is 12.4. The topological polar surface area (TPSA) is 84.2 Å². The lowest BCUT2D eigenvalue weighted by Gasteiger charge is -2.06. The number of hydrogen-bond acceptors (Lipinski definition) is 4. The van der Waals surface area contributed by atoms with E-state index in [-0.39, 0.29) is 5.56 Å². The maximum atomic E-state index is 11.0. The molecule has 0 bridgehead atoms. The first-order valence-corrected chi connectivity index (χ1v) is 6.47. The lowest BCUT2D eigenvalue weighted by molar-refractivity contribution is 0.0697. The molecule has 1 unspecified atom stereocenters. The second-order valence-corrected chi connectivity index (χ2v) is 5.00. The van der Waals surface area contributed by atoms with Crippen LogP contribution in [0.1, 0.15) is 16.1 Å². The SMILES string of the molecule is Cc1nn(C)c(NCCS(C)=O)c1C(=O)O. The van der Waals surface area contributed by atoms with Crippen LogP contribution in [0.2, 0.25) is 0 Å². The Balaban J connectivity index is 2.86. The van der Waals surface area contributed by atoms with Crippen LogP contribution in [-0.2, 0) is 17.8 Å². The molecule has 0 saturated heterocycles. The molecule has 1 rings (SSSR count). The van der Waals surface area contributed by atoms with Gasteiger partial charge >= 0.3 is 5.97 Å². The summed E-state index contributed by atoms with van der Waals surface area (Å²) in [6, 6.07) is 0. The molecule has 0 amide bonds. The van der Waals surface area contributed by atoms with Crippen molar-refractivity contribution in [1.29, 1.82) is 0 Å². The fraction of sp³-hybridized carbons (Fsp3) is 0.556. The van der Waals surface area contributed by atoms with Gasteiger partial charge in [-0.2, -0.15) is 5.10 Å². The molecule has 0 fully saturated rings. The van der Waals surface area contributed by atoms with Crippen LogP contribution >= 0.6 is 0 Å². The van der Waals surface area contributed by atoms with Gasteiger partial charge in [-0.05, 0) is 6.92 Å². The fourth-order valence-electron chi connectivity index (χ4n) is 1.43. The van der Waals surface area contributed by atoms with Crippen molar-refractivity contribution < 1.29 is 14.1 Å². The molecule has 0 radical (unpaired) electrons. The Labute approximate surface area is 96.1 Å². The summed E-state index contributed by atoms with van der Waals surface area (Å²) in [4.78, 5) is 11.0. The van der Waals surface area contributed by atoms with E-state index in [1.807, 2.05) is 0 Å². The van der Waals surface area contributed by atoms with Crippen LogP contribution in [-0.4, -0.2) is 43.6 Å². The van der Waals surface area contributed by atoms with Crippen molar-refractivity contribution in [3.63, 3.8) is 0 Å². The predicted octanol–water partition coefficient (Wildman–Crippen LogP) is 0.217. The molecule has 6 nitrogen and oxygen atoms in total. The van der Waals surface area contributed by atoms with Gasteiger partial charge in [-0.1, -0.05) is 0 Å². The summed E-state index contributed by atoms with van der Waals surface area (Å²) >= 11 is 0. The smallest absolute Gasteiger partial charge is 0.341 e. The summed E-state index contributed by atoms with van der Waals surface area (Å²) in [6.07, 6.45) is 1.61. The average Bonchev–Trinajstić information content (AvgIpc) is 2.40. The third kappa shape index (κ3) is 2.82. The summed E-state index contributed by atoms with van der Waals surface area (Å²) in [6.45, 7) is 2.11. The van der Waals surface area contributed by atoms with Gasteiger partial charge in [-0.3, -0.25) is 8.89 Å². The number of aromatic carboxylic acids is 1. The molecule has 90 valence electrons. The predicted molar refractivity (Wildman–Crippen MR) is 62.3 cm³/mol. The molecule has 16 heavy (non-hydrogen) atoms. The second kappa shape index (κ2) is 5.11. The molecular weight excluding hydrogens is 230 g/mol. The first-order chi connectivity index (χ1) is 7.43. The van der Waals surface area contributed by atoms with Crippen molar-refractivity contribution in [2.75, 3.05) is 23.9 Å². The number of carboxylic acids is 1. The number of nitrogens with one attached hydrogen (secondary N) is 1. The molecule has 2 N–H and O–H groups in total. The first kappa shape index (κ1) is 12.7. The second-order valence-electron chi connectivity index (χ2n) is 3.44. The third-order valence-electron chi connectivity index (χ3n) is 2.12. The third-order valence-corrected chi connectivity index (χ3v) is 2.90. The van der Waals surface area contributed by atoms with Crippen molar-refractivity contribution in [3.8, 4) is 0 Å². The number of hydrogen-bond donors (Lipinski definition) is 2. The maximum absolute atomic E-state index is 11.0. The van der Waals surface area contributed by atoms with Gasteiger partial charge in [0.25, 0.3) is 0 Å². The zero-order chi connectivity index (χ0) is 12.3. The molecule has 0 aromatic carbocycles. The summed E-state index contributed by atoms with van der Waals surface area (Å²) < 4.78 is 12.4. The van der Waals surface area contributed by atoms with Crippen molar-refractivity contribution in [2.24, 2.45) is 7.05 Å². The van der Waals surface area contributed by atoms with E-state index in [0.717, 1.165) is 0 Å². The summed E-state index contributed by atoms with van der Waals surface area (Å²) in [5.41, 5.74) is 0.638. The van der Waals surface area contributed by atoms with E-state index < -0.39 is 16.8 Å². The number of carbonyl (C=O) groups is 1. The summed E-state index contributed by atoms with van der Waals surface area (Å²) in [7, 11) is 0.775. The van der Waals surface area contributed by atoms with E-state index in [1.165, 1.54) is 4.68 Å². The van der Waals surface area contributed by atoms with Crippen molar-refractivity contribution in [2.45, 2.75) is 6.92 Å². The average molecular weight is 245 g/mol. The Morgan fingerprint density at radius 3 is 2.75 bits per heavy atom. The van der Waals surface area contributed by atoms with E-state index in [1.54, 1.807) is 20.2 Å². The number of anilines is 1. The van der Waals surface area contributed by atoms with Crippen molar-refractivity contribution >= 4 is 22.6 Å². The highest BCUT2D eigenvalue weighted by Crippen LogP contribution is 2.18. The lowest BCUT2D eigenvalue weighted by atomic mass is 10.2. The Kier molecular flexibility index (Phi) is 4.05. The monoisotopic (exact) mass is 245 g/mol. The number of aryl methyl sites for hydroxylation is 2. The van der Waals surface area contributed by atoms with Gasteiger partial charge in [0.1, 0.15) is 11.4 Å². The molecule has 0 spiro atoms. The van der Waals surface area contributed by atoms with Crippen LogP contribution < -0.4 is 5.32 Å². The zero-order valence-electron chi connectivity index (χ0n) is 9.48. The Hall–Kier alpha value is -1.37. The van der Waals surface area contributed by atoms with Crippen molar-refractivity contribution in [3.05, 3.63) is 11.3 Å². The van der Waals surface area contributed by atoms with Crippen LogP contribution in [0.3, 0.4) is 0 Å². The Bertz CT molecular complexity index is 428. The summed E-state index contributed by atoms with van der Waals surface area (Å²) in [5.74, 6) is -0.0790. The molecule has 0 aliphatic heterocycles. The molecule has 1 atom stereocenters. The van der Waals surface area contributed by atoms with Crippen LogP contribution in [0.15, 0.2) is 0 Å². The Morgan fingerprint density at radius 1 is 1.62 bits per heavy atom. The lowest BCUT2D eigenvalue weighted by Crippen LogP contribution is -2.14. The van der Waals surface area contributed by atoms with Crippen molar-refractivity contribution in [1.82, 2.24) is 9.78 Å². The summed E-state index contributed by atoms with van der Waals surface area (Å²) in [5, 5.41) is 16.0. The van der Waals surface area contributed by atoms with Gasteiger partial charge in [-0.15, -0.1) is 0 Å². The van der Waals surface area contributed by atoms with E-state index in [2.05, 4.69) is 10.4 Å². The quantitative estimate of drug-likeness (QED) is 0.775. The molecule has 1 heterocycles. The van der Waals surface area contributed by atoms with Gasteiger partial charge in [0.05, 0.1) is 5.69 Å². The molecule has 0 aliphatic carbocycles. The minimum Gasteiger partial charge on any atom is -0.477 e. The van der Waals surface area contributed by atoms with Crippen LogP contribution in [0.4, 0.5) is 5.82 Å². The maximum Gasteiger partial charge on any atom is 0.341 e. The van der Waals surface area contributed by atoms with Gasteiger partial charge in [-0.25, -0.2) is 4.79 Å². The number of carboxylic acid groups (broad SMARTS) is 1. The van der Waals surface area contributed by atoms with Gasteiger partial charge in [0.15, 0.2) is 0 Å². The zero-order valence-corrected chi connectivity index (χ0v) is 10.3. The molecule has 1 aromatic heterocycles. The van der Waals surface area contributed by atoms with E-state index >= 15 is 0 Å². The highest BCUT2D eigenvalue weighted by molar-refractivity contribution is 7.84. The van der Waals surface area contributed by atoms with Gasteiger partial charge in [0.2, 0.25) is 0 Å². The minimum absolute atomic E-state index is 0.171. The molecule has 0 saturated carbocycles. The number of rotatable bonds is 5. The first-order valence-electron chi connectivity index (χ1n) is 4.74. The minimum atomic E-state index is -1.01. The molecule has 7 heteroatoms.